The summed E-state index contributed by atoms with van der Waals surface area (Å²) in [7, 11) is 2.10. The summed E-state index contributed by atoms with van der Waals surface area (Å²) >= 11 is 0. The summed E-state index contributed by atoms with van der Waals surface area (Å²) in [5, 5.41) is 1.20. The molecule has 1 aliphatic heterocycles. The third-order valence-corrected chi connectivity index (χ3v) is 3.83. The molecule has 1 aromatic carbocycles. The molecule has 1 aromatic heterocycles. The molecule has 0 N–H and O–H groups in total. The van der Waals surface area contributed by atoms with Gasteiger partial charge in [-0.1, -0.05) is 49.3 Å². The Bertz CT molecular complexity index is 592. The Morgan fingerprint density at radius 3 is 2.36 bits per heavy atom. The van der Waals surface area contributed by atoms with Crippen LogP contribution in [0.1, 0.15) is 40.5 Å². The number of hydrogen-bond acceptors (Lipinski definition) is 3. The van der Waals surface area contributed by atoms with Gasteiger partial charge in [0.25, 0.3) is 0 Å². The van der Waals surface area contributed by atoms with Crippen LogP contribution in [-0.2, 0) is 0 Å². The molecular weight excluding hydrogens is 306 g/mol. The van der Waals surface area contributed by atoms with E-state index in [4.69, 9.17) is 0 Å². The van der Waals surface area contributed by atoms with Crippen LogP contribution in [0.25, 0.3) is 10.9 Å². The van der Waals surface area contributed by atoms with Crippen LogP contribution in [0.4, 0.5) is 0 Å². The average molecular weight is 340 g/mol. The second-order valence-corrected chi connectivity index (χ2v) is 6.42. The predicted octanol–water partition coefficient (Wildman–Crippen LogP) is 5.67. The second-order valence-electron chi connectivity index (χ2n) is 6.42. The van der Waals surface area contributed by atoms with Crippen LogP contribution >= 0.6 is 0 Å². The van der Waals surface area contributed by atoms with Gasteiger partial charge in [-0.25, -0.2) is 0 Å². The standard InChI is InChI=1S/C9H7N.C8H16N2.C5H10/c1-2-6-9-8(4-1)5-3-7-10-9;1-3-4-5-10-7-6-9(2)8-10;1-4-5(2)3/h1-7H;6-7H,3-5,8H2,1-2H3;4H,1-3H3. The second kappa shape index (κ2) is 12.1. The fourth-order valence-corrected chi connectivity index (χ4v) is 2.11. The van der Waals surface area contributed by atoms with E-state index in [-0.39, 0.29) is 0 Å². The van der Waals surface area contributed by atoms with Gasteiger partial charge in [0.2, 0.25) is 0 Å². The maximum Gasteiger partial charge on any atom is 0.0890 e. The van der Waals surface area contributed by atoms with Gasteiger partial charge in [0.15, 0.2) is 0 Å². The zero-order valence-electron chi connectivity index (χ0n) is 16.4. The first kappa shape index (κ1) is 20.8. The maximum absolute atomic E-state index is 4.18. The number of pyridine rings is 1. The molecule has 0 radical (unpaired) electrons. The number of hydrogen-bond donors (Lipinski definition) is 0. The van der Waals surface area contributed by atoms with E-state index in [1.165, 1.54) is 30.3 Å². The molecule has 0 atom stereocenters. The Hall–Kier alpha value is -2.29. The van der Waals surface area contributed by atoms with E-state index in [9.17, 15) is 0 Å². The van der Waals surface area contributed by atoms with Crippen LogP contribution in [0.3, 0.4) is 0 Å². The van der Waals surface area contributed by atoms with E-state index >= 15 is 0 Å². The van der Waals surface area contributed by atoms with Gasteiger partial charge in [0, 0.05) is 37.6 Å². The minimum absolute atomic E-state index is 1.06. The first-order valence-electron chi connectivity index (χ1n) is 9.08. The van der Waals surface area contributed by atoms with Crippen molar-refractivity contribution in [2.24, 2.45) is 0 Å². The topological polar surface area (TPSA) is 19.4 Å². The number of benzene rings is 1. The Balaban J connectivity index is 0.000000200. The number of rotatable bonds is 3. The van der Waals surface area contributed by atoms with Crippen molar-refractivity contribution < 1.29 is 0 Å². The highest BCUT2D eigenvalue weighted by Crippen LogP contribution is 2.08. The number of fused-ring (bicyclic) bond motifs is 1. The van der Waals surface area contributed by atoms with Gasteiger partial charge in [-0.3, -0.25) is 4.98 Å². The first-order valence-corrected chi connectivity index (χ1v) is 9.08. The Morgan fingerprint density at radius 2 is 1.80 bits per heavy atom. The van der Waals surface area contributed by atoms with E-state index in [1.54, 1.807) is 0 Å². The zero-order chi connectivity index (χ0) is 18.5. The fourth-order valence-electron chi connectivity index (χ4n) is 2.11. The molecule has 3 rings (SSSR count). The quantitative estimate of drug-likeness (QED) is 0.672. The molecule has 2 aromatic rings. The van der Waals surface area contributed by atoms with Gasteiger partial charge in [-0.2, -0.15) is 0 Å². The van der Waals surface area contributed by atoms with Gasteiger partial charge < -0.3 is 9.80 Å². The molecule has 0 saturated heterocycles. The SMILES string of the molecule is CC=C(C)C.CCCCN1C=CN(C)C1.c1ccc2ncccc2c1. The minimum Gasteiger partial charge on any atom is -0.362 e. The van der Waals surface area contributed by atoms with E-state index in [2.05, 4.69) is 73.2 Å². The van der Waals surface area contributed by atoms with Crippen molar-refractivity contribution in [3.8, 4) is 0 Å². The van der Waals surface area contributed by atoms with Crippen molar-refractivity contribution in [2.45, 2.75) is 40.5 Å². The van der Waals surface area contributed by atoms with Gasteiger partial charge in [-0.05, 0) is 39.3 Å². The summed E-state index contributed by atoms with van der Waals surface area (Å²) in [6.07, 6.45) is 10.8. The monoisotopic (exact) mass is 339 g/mol. The van der Waals surface area contributed by atoms with Crippen LogP contribution in [0.15, 0.2) is 66.6 Å². The Kier molecular flexibility index (Phi) is 10.1. The molecule has 0 unspecified atom stereocenters. The van der Waals surface area contributed by atoms with Crippen LogP contribution in [0.2, 0.25) is 0 Å². The summed E-state index contributed by atoms with van der Waals surface area (Å²) in [6, 6.07) is 12.1. The Labute approximate surface area is 153 Å². The highest BCUT2D eigenvalue weighted by atomic mass is 15.3. The van der Waals surface area contributed by atoms with Crippen molar-refractivity contribution in [2.75, 3.05) is 20.3 Å². The molecule has 0 amide bonds. The van der Waals surface area contributed by atoms with Gasteiger partial charge in [-0.15, -0.1) is 0 Å². The molecule has 3 heteroatoms. The molecule has 0 fully saturated rings. The highest BCUT2D eigenvalue weighted by molar-refractivity contribution is 5.77. The number of nitrogens with zero attached hydrogens (tertiary/aromatic N) is 3. The minimum atomic E-state index is 1.06. The molecule has 1 aliphatic rings. The van der Waals surface area contributed by atoms with Gasteiger partial charge in [0.05, 0.1) is 12.2 Å². The summed E-state index contributed by atoms with van der Waals surface area (Å²) in [6.45, 7) is 10.7. The number of para-hydroxylation sites is 1. The smallest absolute Gasteiger partial charge is 0.0890 e. The number of unbranched alkanes of at least 4 members (excludes halogenated alkanes) is 1. The number of allylic oxidation sites excluding steroid dienone is 2. The molecule has 2 heterocycles. The summed E-state index contributed by atoms with van der Waals surface area (Å²) in [5.74, 6) is 0. The van der Waals surface area contributed by atoms with E-state index in [1.807, 2.05) is 37.4 Å². The molecule has 3 nitrogen and oxygen atoms in total. The lowest BCUT2D eigenvalue weighted by Crippen LogP contribution is -2.23. The average Bonchev–Trinajstić information content (AvgIpc) is 3.06. The number of aromatic nitrogens is 1. The largest absolute Gasteiger partial charge is 0.362 e. The summed E-state index contributed by atoms with van der Waals surface area (Å²) < 4.78 is 0. The molecule has 0 saturated carbocycles. The van der Waals surface area contributed by atoms with Crippen LogP contribution in [0.5, 0.6) is 0 Å². The van der Waals surface area contributed by atoms with Crippen LogP contribution in [0, 0.1) is 0 Å². The molecule has 25 heavy (non-hydrogen) atoms. The van der Waals surface area contributed by atoms with E-state index in [0.717, 1.165) is 12.2 Å². The molecular formula is C22H33N3. The summed E-state index contributed by atoms with van der Waals surface area (Å²) in [5.41, 5.74) is 2.44. The van der Waals surface area contributed by atoms with Crippen LogP contribution in [-0.4, -0.2) is 35.0 Å². The lowest BCUT2D eigenvalue weighted by molar-refractivity contribution is 0.293. The van der Waals surface area contributed by atoms with Crippen molar-refractivity contribution in [3.63, 3.8) is 0 Å². The highest BCUT2D eigenvalue weighted by Gasteiger charge is 2.05. The molecule has 0 spiro atoms. The maximum atomic E-state index is 4.18. The van der Waals surface area contributed by atoms with E-state index < -0.39 is 0 Å². The zero-order valence-corrected chi connectivity index (χ0v) is 16.4. The van der Waals surface area contributed by atoms with Gasteiger partial charge in [0.1, 0.15) is 0 Å². The van der Waals surface area contributed by atoms with Crippen molar-refractivity contribution in [1.29, 1.82) is 0 Å². The van der Waals surface area contributed by atoms with E-state index in [0.29, 0.717) is 0 Å². The third-order valence-electron chi connectivity index (χ3n) is 3.83. The molecule has 0 bridgehead atoms. The van der Waals surface area contributed by atoms with Crippen LogP contribution < -0.4 is 0 Å². The Morgan fingerprint density at radius 1 is 1.12 bits per heavy atom. The molecule has 0 aliphatic carbocycles. The molecule has 136 valence electrons. The third kappa shape index (κ3) is 8.94. The fraction of sp³-hybridized carbons (Fsp3) is 0.409. The van der Waals surface area contributed by atoms with Crippen molar-refractivity contribution >= 4 is 10.9 Å². The van der Waals surface area contributed by atoms with Crippen molar-refractivity contribution in [3.05, 3.63) is 66.6 Å². The predicted molar refractivity (Wildman–Crippen MR) is 110 cm³/mol. The van der Waals surface area contributed by atoms with Gasteiger partial charge >= 0.3 is 0 Å². The summed E-state index contributed by atoms with van der Waals surface area (Å²) in [4.78, 5) is 8.71. The normalized spacial score (nSPS) is 12.2. The van der Waals surface area contributed by atoms with Crippen molar-refractivity contribution in [1.82, 2.24) is 14.8 Å². The first-order chi connectivity index (χ1) is 12.1. The lowest BCUT2D eigenvalue weighted by atomic mass is 10.2. The lowest BCUT2D eigenvalue weighted by Gasteiger charge is -2.17.